The summed E-state index contributed by atoms with van der Waals surface area (Å²) in [5.74, 6) is -0.178. The first kappa shape index (κ1) is 17.9. The molecule has 0 saturated carbocycles. The van der Waals surface area contributed by atoms with E-state index < -0.39 is 0 Å². The van der Waals surface area contributed by atoms with E-state index in [4.69, 9.17) is 11.6 Å². The average Bonchev–Trinajstić information content (AvgIpc) is 2.95. The molecule has 2 aromatic heterocycles. The molecule has 2 heterocycles. The van der Waals surface area contributed by atoms with E-state index in [9.17, 15) is 4.79 Å². The summed E-state index contributed by atoms with van der Waals surface area (Å²) in [6.07, 6.45) is 1.74. The van der Waals surface area contributed by atoms with Crippen molar-refractivity contribution in [3.8, 4) is 0 Å². The van der Waals surface area contributed by atoms with Crippen molar-refractivity contribution in [3.63, 3.8) is 0 Å². The van der Waals surface area contributed by atoms with Crippen LogP contribution in [0.25, 0.3) is 11.0 Å². The van der Waals surface area contributed by atoms with E-state index in [-0.39, 0.29) is 11.9 Å². The molecule has 7 heteroatoms. The van der Waals surface area contributed by atoms with Crippen molar-refractivity contribution in [1.82, 2.24) is 20.1 Å². The molecular weight excluding hydrogens is 404 g/mol. The van der Waals surface area contributed by atoms with E-state index in [1.54, 1.807) is 6.20 Å². The van der Waals surface area contributed by atoms with E-state index in [1.165, 1.54) is 0 Å². The number of nitrogens with zero attached hydrogens (tertiary/aromatic N) is 3. The molecule has 0 bridgehead atoms. The quantitative estimate of drug-likeness (QED) is 0.666. The van der Waals surface area contributed by atoms with Crippen molar-refractivity contribution < 1.29 is 4.79 Å². The Bertz CT molecular complexity index is 952. The highest BCUT2D eigenvalue weighted by molar-refractivity contribution is 9.10. The van der Waals surface area contributed by atoms with Gasteiger partial charge in [0.05, 0.1) is 17.5 Å². The molecule has 1 aromatic carbocycles. The standard InChI is InChI=1S/C18H18BrClN4O/c1-10(2)24-17-13(9-22-24)6-15(11(3)23-17)18(25)21-8-12-4-5-14(19)7-16(12)20/h4-7,9-10H,8H2,1-3H3,(H,21,25). The molecule has 130 valence electrons. The number of amides is 1. The Hall–Kier alpha value is -1.92. The molecule has 0 aliphatic heterocycles. The van der Waals surface area contributed by atoms with Crippen LogP contribution in [0.15, 0.2) is 34.9 Å². The zero-order chi connectivity index (χ0) is 18.1. The number of aryl methyl sites for hydroxylation is 1. The van der Waals surface area contributed by atoms with Crippen molar-refractivity contribution in [2.75, 3.05) is 0 Å². The minimum atomic E-state index is -0.178. The summed E-state index contributed by atoms with van der Waals surface area (Å²) in [6, 6.07) is 7.63. The number of hydrogen-bond acceptors (Lipinski definition) is 3. The molecule has 0 unspecified atom stereocenters. The van der Waals surface area contributed by atoms with Gasteiger partial charge in [0.1, 0.15) is 0 Å². The first-order valence-corrected chi connectivity index (χ1v) is 9.11. The summed E-state index contributed by atoms with van der Waals surface area (Å²) in [5.41, 5.74) is 2.87. The van der Waals surface area contributed by atoms with Crippen molar-refractivity contribution in [1.29, 1.82) is 0 Å². The van der Waals surface area contributed by atoms with Crippen molar-refractivity contribution in [3.05, 3.63) is 56.8 Å². The molecule has 0 atom stereocenters. The molecule has 5 nitrogen and oxygen atoms in total. The topological polar surface area (TPSA) is 59.8 Å². The third kappa shape index (κ3) is 3.70. The van der Waals surface area contributed by atoms with Gasteiger partial charge in [-0.25, -0.2) is 9.67 Å². The number of nitrogens with one attached hydrogen (secondary N) is 1. The lowest BCUT2D eigenvalue weighted by Crippen LogP contribution is -2.24. The lowest BCUT2D eigenvalue weighted by atomic mass is 10.1. The Morgan fingerprint density at radius 1 is 1.36 bits per heavy atom. The third-order valence-corrected chi connectivity index (χ3v) is 4.79. The summed E-state index contributed by atoms with van der Waals surface area (Å²) in [4.78, 5) is 17.1. The second-order valence-electron chi connectivity index (χ2n) is 6.14. The summed E-state index contributed by atoms with van der Waals surface area (Å²) in [7, 11) is 0. The summed E-state index contributed by atoms with van der Waals surface area (Å²) in [6.45, 7) is 6.28. The van der Waals surface area contributed by atoms with E-state index in [0.717, 1.165) is 21.1 Å². The van der Waals surface area contributed by atoms with Crippen molar-refractivity contribution in [2.24, 2.45) is 0 Å². The summed E-state index contributed by atoms with van der Waals surface area (Å²) < 4.78 is 2.76. The summed E-state index contributed by atoms with van der Waals surface area (Å²) >= 11 is 9.57. The average molecular weight is 422 g/mol. The van der Waals surface area contributed by atoms with Crippen LogP contribution in [-0.4, -0.2) is 20.7 Å². The van der Waals surface area contributed by atoms with E-state index in [2.05, 4.69) is 31.3 Å². The van der Waals surface area contributed by atoms with Gasteiger partial charge >= 0.3 is 0 Å². The minimum Gasteiger partial charge on any atom is -0.348 e. The van der Waals surface area contributed by atoms with Crippen LogP contribution in [0.3, 0.4) is 0 Å². The van der Waals surface area contributed by atoms with Gasteiger partial charge in [-0.15, -0.1) is 0 Å². The predicted octanol–water partition coefficient (Wildman–Crippen LogP) is 4.67. The SMILES string of the molecule is Cc1nc2c(cnn2C(C)C)cc1C(=O)NCc1ccc(Br)cc1Cl. The molecule has 25 heavy (non-hydrogen) atoms. The molecule has 0 fully saturated rings. The molecule has 0 radical (unpaired) electrons. The second kappa shape index (κ2) is 7.14. The van der Waals surface area contributed by atoms with Crippen LogP contribution in [0.5, 0.6) is 0 Å². The van der Waals surface area contributed by atoms with E-state index in [1.807, 2.05) is 49.7 Å². The highest BCUT2D eigenvalue weighted by atomic mass is 79.9. The molecule has 0 spiro atoms. The normalized spacial score (nSPS) is 11.3. The summed E-state index contributed by atoms with van der Waals surface area (Å²) in [5, 5.41) is 8.72. The maximum Gasteiger partial charge on any atom is 0.253 e. The van der Waals surface area contributed by atoms with Crippen LogP contribution in [0.1, 0.15) is 41.5 Å². The lowest BCUT2D eigenvalue weighted by Gasteiger charge is -2.10. The predicted molar refractivity (Wildman–Crippen MR) is 103 cm³/mol. The minimum absolute atomic E-state index is 0.178. The molecule has 1 N–H and O–H groups in total. The number of carbonyl (C=O) groups is 1. The number of halogens is 2. The Morgan fingerprint density at radius 3 is 2.80 bits per heavy atom. The molecule has 1 amide bonds. The number of aromatic nitrogens is 3. The third-order valence-electron chi connectivity index (χ3n) is 3.95. The highest BCUT2D eigenvalue weighted by Crippen LogP contribution is 2.22. The molecule has 3 rings (SSSR count). The molecule has 0 aliphatic rings. The fraction of sp³-hybridized carbons (Fsp3) is 0.278. The van der Waals surface area contributed by atoms with Crippen LogP contribution >= 0.6 is 27.5 Å². The van der Waals surface area contributed by atoms with Crippen molar-refractivity contribution in [2.45, 2.75) is 33.4 Å². The van der Waals surface area contributed by atoms with E-state index in [0.29, 0.717) is 22.8 Å². The van der Waals surface area contributed by atoms with Crippen molar-refractivity contribution >= 4 is 44.5 Å². The monoisotopic (exact) mass is 420 g/mol. The smallest absolute Gasteiger partial charge is 0.253 e. The van der Waals surface area contributed by atoms with E-state index >= 15 is 0 Å². The van der Waals surface area contributed by atoms with Gasteiger partial charge in [0.15, 0.2) is 5.65 Å². The van der Waals surface area contributed by atoms with Gasteiger partial charge in [-0.1, -0.05) is 33.6 Å². The number of pyridine rings is 1. The maximum atomic E-state index is 12.6. The van der Waals surface area contributed by atoms with Gasteiger partial charge in [-0.05, 0) is 44.5 Å². The lowest BCUT2D eigenvalue weighted by molar-refractivity contribution is 0.0950. The Balaban J connectivity index is 1.83. The molecular formula is C18H18BrClN4O. The van der Waals surface area contributed by atoms with Crippen LogP contribution in [0.2, 0.25) is 5.02 Å². The first-order valence-electron chi connectivity index (χ1n) is 7.94. The van der Waals surface area contributed by atoms with Gasteiger partial charge in [0.25, 0.3) is 5.91 Å². The Morgan fingerprint density at radius 2 is 2.12 bits per heavy atom. The van der Waals surface area contributed by atoms with Crippen LogP contribution in [0.4, 0.5) is 0 Å². The fourth-order valence-corrected chi connectivity index (χ4v) is 3.35. The number of carbonyl (C=O) groups excluding carboxylic acids is 1. The maximum absolute atomic E-state index is 12.6. The number of rotatable bonds is 4. The van der Waals surface area contributed by atoms with Crippen LogP contribution < -0.4 is 5.32 Å². The molecule has 0 saturated heterocycles. The fourth-order valence-electron chi connectivity index (χ4n) is 2.61. The Labute approximate surface area is 159 Å². The zero-order valence-electron chi connectivity index (χ0n) is 14.2. The van der Waals surface area contributed by atoms with Crippen LogP contribution in [-0.2, 0) is 6.54 Å². The molecule has 3 aromatic rings. The Kier molecular flexibility index (Phi) is 5.11. The number of fused-ring (bicyclic) bond motifs is 1. The second-order valence-corrected chi connectivity index (χ2v) is 7.46. The largest absolute Gasteiger partial charge is 0.348 e. The van der Waals surface area contributed by atoms with Gasteiger partial charge in [-0.3, -0.25) is 4.79 Å². The van der Waals surface area contributed by atoms with Gasteiger partial charge < -0.3 is 5.32 Å². The van der Waals surface area contributed by atoms with Crippen LogP contribution in [0, 0.1) is 6.92 Å². The highest BCUT2D eigenvalue weighted by Gasteiger charge is 2.15. The number of benzene rings is 1. The first-order chi connectivity index (χ1) is 11.9. The zero-order valence-corrected chi connectivity index (χ0v) is 16.5. The van der Waals surface area contributed by atoms with Gasteiger partial charge in [-0.2, -0.15) is 5.10 Å². The molecule has 0 aliphatic carbocycles. The van der Waals surface area contributed by atoms with Gasteiger partial charge in [0.2, 0.25) is 0 Å². The number of hydrogen-bond donors (Lipinski definition) is 1. The van der Waals surface area contributed by atoms with Gasteiger partial charge in [0, 0.05) is 27.5 Å².